The molecule has 0 nitrogen and oxygen atoms in total. The minimum absolute atomic E-state index is 1.25. The lowest BCUT2D eigenvalue weighted by molar-refractivity contribution is 1.71. The van der Waals surface area contributed by atoms with Crippen LogP contribution in [-0.2, 0) is 0 Å². The summed E-state index contributed by atoms with van der Waals surface area (Å²) in [4.78, 5) is 0. The fourth-order valence-corrected chi connectivity index (χ4v) is 9.63. The van der Waals surface area contributed by atoms with Crippen molar-refractivity contribution in [1.82, 2.24) is 0 Å². The lowest BCUT2D eigenvalue weighted by Crippen LogP contribution is -1.91. The van der Waals surface area contributed by atoms with Crippen LogP contribution in [0, 0.1) is 0 Å². The highest BCUT2D eigenvalue weighted by molar-refractivity contribution is 6.40. The summed E-state index contributed by atoms with van der Waals surface area (Å²) in [7, 11) is 0. The van der Waals surface area contributed by atoms with E-state index in [4.69, 9.17) is 0 Å². The van der Waals surface area contributed by atoms with Crippen LogP contribution in [0.5, 0.6) is 0 Å². The fourth-order valence-electron chi connectivity index (χ4n) is 9.63. The second-order valence-corrected chi connectivity index (χ2v) is 14.7. The van der Waals surface area contributed by atoms with Gasteiger partial charge in [-0.2, -0.15) is 0 Å². The van der Waals surface area contributed by atoms with Gasteiger partial charge in [0.1, 0.15) is 0 Å². The van der Waals surface area contributed by atoms with Crippen molar-refractivity contribution in [2.24, 2.45) is 0 Å². The first-order chi connectivity index (χ1) is 26.8. The molecule has 0 spiro atoms. The van der Waals surface area contributed by atoms with Gasteiger partial charge in [-0.3, -0.25) is 0 Å². The Kier molecular flexibility index (Phi) is 6.15. The van der Waals surface area contributed by atoms with E-state index in [1.165, 1.54) is 119 Å². The van der Waals surface area contributed by atoms with Crippen molar-refractivity contribution in [2.75, 3.05) is 0 Å². The van der Waals surface area contributed by atoms with Crippen LogP contribution in [0.25, 0.3) is 119 Å². The lowest BCUT2D eigenvalue weighted by atomic mass is 9.84. The van der Waals surface area contributed by atoms with Crippen LogP contribution in [0.2, 0.25) is 0 Å². The van der Waals surface area contributed by atoms with Crippen LogP contribution < -0.4 is 0 Å². The average Bonchev–Trinajstić information content (AvgIpc) is 3.24. The second kappa shape index (κ2) is 11.2. The standard InChI is InChI=1S/C54H32/c1-5-17-39-33(13-1)29-34-14-2-6-18-40(34)51(39)37-25-27-47-49(31-37)43-21-9-11-23-45(43)54-48-28-26-38(32-50(48)44-22-10-12-24-46(44)53(47)54)52-41-19-7-3-15-35(41)30-36-16-4-8-20-42(36)52/h1-32H. The molecular formula is C54H32. The van der Waals surface area contributed by atoms with E-state index >= 15 is 0 Å². The van der Waals surface area contributed by atoms with Gasteiger partial charge in [-0.1, -0.05) is 170 Å². The van der Waals surface area contributed by atoms with Crippen molar-refractivity contribution in [3.05, 3.63) is 194 Å². The van der Waals surface area contributed by atoms with Gasteiger partial charge in [-0.05, 0) is 143 Å². The van der Waals surface area contributed by atoms with Crippen LogP contribution in [0.15, 0.2) is 194 Å². The van der Waals surface area contributed by atoms with E-state index in [0.717, 1.165) is 0 Å². The molecule has 0 aliphatic rings. The molecule has 12 aromatic rings. The molecule has 0 saturated heterocycles. The Hall–Kier alpha value is -7.02. The van der Waals surface area contributed by atoms with Crippen molar-refractivity contribution in [1.29, 1.82) is 0 Å². The summed E-state index contributed by atoms with van der Waals surface area (Å²) in [5, 5.41) is 23.2. The van der Waals surface area contributed by atoms with Crippen LogP contribution in [0.1, 0.15) is 0 Å². The highest BCUT2D eigenvalue weighted by Gasteiger charge is 2.19. The molecule has 0 aromatic heterocycles. The molecule has 0 radical (unpaired) electrons. The number of rotatable bonds is 2. The maximum Gasteiger partial charge on any atom is -0.00139 e. The molecule has 12 aromatic carbocycles. The quantitative estimate of drug-likeness (QED) is 0.126. The molecule has 0 unspecified atom stereocenters. The zero-order valence-electron chi connectivity index (χ0n) is 29.5. The normalized spacial score (nSPS) is 12.1. The molecule has 0 saturated carbocycles. The first-order valence-electron chi connectivity index (χ1n) is 18.8. The summed E-state index contributed by atoms with van der Waals surface area (Å²) in [6.07, 6.45) is 0. The van der Waals surface area contributed by atoms with Crippen LogP contribution >= 0.6 is 0 Å². The SMILES string of the molecule is c1ccc2c(-c3ccc4c(c3)c3ccccc3c3c5ccc(-c6c7ccccc7cc7ccccc67)cc5c5ccccc5c43)c3ccccc3cc2c1. The fraction of sp³-hybridized carbons (Fsp3) is 0. The smallest absolute Gasteiger partial charge is 0.00139 e. The summed E-state index contributed by atoms with van der Waals surface area (Å²) < 4.78 is 0. The Labute approximate surface area is 312 Å². The number of benzene rings is 12. The maximum absolute atomic E-state index is 2.46. The van der Waals surface area contributed by atoms with Gasteiger partial charge >= 0.3 is 0 Å². The highest BCUT2D eigenvalue weighted by Crippen LogP contribution is 2.47. The number of fused-ring (bicyclic) bond motifs is 15. The second-order valence-electron chi connectivity index (χ2n) is 14.7. The average molecular weight is 681 g/mol. The lowest BCUT2D eigenvalue weighted by Gasteiger charge is -2.19. The zero-order chi connectivity index (χ0) is 35.3. The van der Waals surface area contributed by atoms with E-state index < -0.39 is 0 Å². The Bertz CT molecular complexity index is 3200. The molecule has 0 bridgehead atoms. The van der Waals surface area contributed by atoms with E-state index in [9.17, 15) is 0 Å². The minimum atomic E-state index is 1.25. The van der Waals surface area contributed by atoms with Crippen molar-refractivity contribution >= 4 is 97.0 Å². The van der Waals surface area contributed by atoms with Gasteiger partial charge in [0.15, 0.2) is 0 Å². The molecular weight excluding hydrogens is 649 g/mol. The summed E-state index contributed by atoms with van der Waals surface area (Å²) in [5.74, 6) is 0. The first kappa shape index (κ1) is 29.5. The van der Waals surface area contributed by atoms with E-state index in [1.807, 2.05) is 0 Å². The van der Waals surface area contributed by atoms with Gasteiger partial charge in [0.2, 0.25) is 0 Å². The van der Waals surface area contributed by atoms with Crippen molar-refractivity contribution in [3.8, 4) is 22.3 Å². The maximum atomic E-state index is 2.46. The molecule has 0 heterocycles. The molecule has 12 rings (SSSR count). The predicted octanol–water partition coefficient (Wildman–Crippen LogP) is 15.4. The Morgan fingerprint density at radius 3 is 0.815 bits per heavy atom. The predicted molar refractivity (Wildman–Crippen MR) is 235 cm³/mol. The molecule has 0 fully saturated rings. The topological polar surface area (TPSA) is 0 Å². The first-order valence-corrected chi connectivity index (χ1v) is 18.8. The highest BCUT2D eigenvalue weighted by atomic mass is 14.2. The van der Waals surface area contributed by atoms with E-state index in [0.29, 0.717) is 0 Å². The summed E-state index contributed by atoms with van der Waals surface area (Å²) in [6, 6.07) is 72.4. The molecule has 0 heteroatoms. The molecule has 0 amide bonds. The minimum Gasteiger partial charge on any atom is -0.0616 e. The zero-order valence-corrected chi connectivity index (χ0v) is 29.5. The molecule has 0 aliphatic carbocycles. The third-order valence-electron chi connectivity index (χ3n) is 11.9. The van der Waals surface area contributed by atoms with Crippen LogP contribution in [0.3, 0.4) is 0 Å². The largest absolute Gasteiger partial charge is 0.0616 e. The van der Waals surface area contributed by atoms with Crippen LogP contribution in [-0.4, -0.2) is 0 Å². The third kappa shape index (κ3) is 4.14. The van der Waals surface area contributed by atoms with Gasteiger partial charge in [-0.25, -0.2) is 0 Å². The Morgan fingerprint density at radius 2 is 0.463 bits per heavy atom. The summed E-state index contributed by atoms with van der Waals surface area (Å²) in [5.41, 5.74) is 5.09. The molecule has 0 aliphatic heterocycles. The molecule has 248 valence electrons. The van der Waals surface area contributed by atoms with Crippen molar-refractivity contribution in [3.63, 3.8) is 0 Å². The number of hydrogen-bond acceptors (Lipinski definition) is 0. The summed E-state index contributed by atoms with van der Waals surface area (Å²) in [6.45, 7) is 0. The van der Waals surface area contributed by atoms with E-state index in [-0.39, 0.29) is 0 Å². The third-order valence-corrected chi connectivity index (χ3v) is 11.9. The van der Waals surface area contributed by atoms with Gasteiger partial charge in [0.25, 0.3) is 0 Å². The summed E-state index contributed by atoms with van der Waals surface area (Å²) >= 11 is 0. The Morgan fingerprint density at radius 1 is 0.185 bits per heavy atom. The van der Waals surface area contributed by atoms with Crippen LogP contribution in [0.4, 0.5) is 0 Å². The molecule has 54 heavy (non-hydrogen) atoms. The molecule has 0 atom stereocenters. The Balaban J connectivity index is 1.21. The van der Waals surface area contributed by atoms with Gasteiger partial charge < -0.3 is 0 Å². The van der Waals surface area contributed by atoms with Gasteiger partial charge in [0.05, 0.1) is 0 Å². The van der Waals surface area contributed by atoms with E-state index in [2.05, 4.69) is 194 Å². The van der Waals surface area contributed by atoms with Crippen molar-refractivity contribution < 1.29 is 0 Å². The number of hydrogen-bond donors (Lipinski definition) is 0. The van der Waals surface area contributed by atoms with Crippen molar-refractivity contribution in [2.45, 2.75) is 0 Å². The van der Waals surface area contributed by atoms with E-state index in [1.54, 1.807) is 0 Å². The molecule has 0 N–H and O–H groups in total. The monoisotopic (exact) mass is 680 g/mol. The van der Waals surface area contributed by atoms with Gasteiger partial charge in [0, 0.05) is 0 Å². The van der Waals surface area contributed by atoms with Gasteiger partial charge in [-0.15, -0.1) is 0 Å².